The minimum Gasteiger partial charge on any atom is -0.335 e. The molecule has 2 amide bonds. The second-order valence-electron chi connectivity index (χ2n) is 6.85. The van der Waals surface area contributed by atoms with Crippen molar-refractivity contribution in [2.45, 2.75) is 6.92 Å². The predicted octanol–water partition coefficient (Wildman–Crippen LogP) is 1.90. The Labute approximate surface area is 165 Å². The van der Waals surface area contributed by atoms with Crippen LogP contribution in [0.4, 0.5) is 0 Å². The van der Waals surface area contributed by atoms with Crippen LogP contribution in [-0.2, 0) is 7.05 Å². The van der Waals surface area contributed by atoms with E-state index in [1.165, 1.54) is 22.2 Å². The van der Waals surface area contributed by atoms with Gasteiger partial charge in [-0.2, -0.15) is 0 Å². The van der Waals surface area contributed by atoms with E-state index < -0.39 is 0 Å². The Bertz CT molecular complexity index is 1110. The molecule has 0 N–H and O–H groups in total. The molecule has 28 heavy (non-hydrogen) atoms. The van der Waals surface area contributed by atoms with Gasteiger partial charge in [0.2, 0.25) is 0 Å². The summed E-state index contributed by atoms with van der Waals surface area (Å²) in [5.41, 5.74) is 1.20. The number of thiophene rings is 1. The van der Waals surface area contributed by atoms with Crippen LogP contribution < -0.4 is 5.56 Å². The second kappa shape index (κ2) is 7.20. The highest BCUT2D eigenvalue weighted by Crippen LogP contribution is 2.28. The fraction of sp³-hybridized carbons (Fsp3) is 0.300. The number of benzene rings is 1. The first kappa shape index (κ1) is 18.4. The van der Waals surface area contributed by atoms with E-state index in [4.69, 9.17) is 0 Å². The first-order chi connectivity index (χ1) is 13.5. The SMILES string of the molecule is Cc1c(C(=O)N2CCN(C(=O)c3ccccc3)CC2)sc2ncn(C)c(=O)c12. The van der Waals surface area contributed by atoms with Gasteiger partial charge in [0.05, 0.1) is 16.6 Å². The molecule has 144 valence electrons. The van der Waals surface area contributed by atoms with Crippen LogP contribution in [0.2, 0.25) is 0 Å². The molecule has 1 aliphatic heterocycles. The van der Waals surface area contributed by atoms with E-state index in [1.54, 1.807) is 35.9 Å². The van der Waals surface area contributed by atoms with Crippen LogP contribution in [0.25, 0.3) is 10.2 Å². The number of rotatable bonds is 2. The van der Waals surface area contributed by atoms with Gasteiger partial charge in [-0.3, -0.25) is 14.4 Å². The fourth-order valence-corrected chi connectivity index (χ4v) is 4.54. The zero-order valence-electron chi connectivity index (χ0n) is 15.7. The molecule has 0 unspecified atom stereocenters. The van der Waals surface area contributed by atoms with E-state index in [9.17, 15) is 14.4 Å². The Morgan fingerprint density at radius 2 is 1.61 bits per heavy atom. The van der Waals surface area contributed by atoms with E-state index in [1.807, 2.05) is 18.2 Å². The van der Waals surface area contributed by atoms with E-state index in [0.717, 1.165) is 0 Å². The maximum atomic E-state index is 13.0. The summed E-state index contributed by atoms with van der Waals surface area (Å²) in [6.07, 6.45) is 1.48. The molecule has 0 saturated carbocycles. The molecule has 0 atom stereocenters. The van der Waals surface area contributed by atoms with Gasteiger partial charge >= 0.3 is 0 Å². The average molecular weight is 396 g/mol. The number of amides is 2. The molecule has 1 aromatic carbocycles. The average Bonchev–Trinajstić information content (AvgIpc) is 3.07. The van der Waals surface area contributed by atoms with Crippen molar-refractivity contribution in [1.29, 1.82) is 0 Å². The van der Waals surface area contributed by atoms with Crippen molar-refractivity contribution < 1.29 is 9.59 Å². The molecular formula is C20H20N4O3S. The highest BCUT2D eigenvalue weighted by molar-refractivity contribution is 7.20. The summed E-state index contributed by atoms with van der Waals surface area (Å²) in [6.45, 7) is 3.71. The third-order valence-electron chi connectivity index (χ3n) is 5.08. The minimum atomic E-state index is -0.143. The summed E-state index contributed by atoms with van der Waals surface area (Å²) in [4.78, 5) is 46.9. The number of hydrogen-bond acceptors (Lipinski definition) is 5. The molecule has 3 heterocycles. The zero-order valence-corrected chi connectivity index (χ0v) is 16.5. The normalized spacial score (nSPS) is 14.5. The van der Waals surface area contributed by atoms with Crippen LogP contribution >= 0.6 is 11.3 Å². The van der Waals surface area contributed by atoms with Crippen molar-refractivity contribution in [1.82, 2.24) is 19.4 Å². The van der Waals surface area contributed by atoms with E-state index >= 15 is 0 Å². The van der Waals surface area contributed by atoms with Crippen molar-refractivity contribution >= 4 is 33.4 Å². The number of piperazine rings is 1. The number of aryl methyl sites for hydroxylation is 2. The fourth-order valence-electron chi connectivity index (χ4n) is 3.43. The highest BCUT2D eigenvalue weighted by Gasteiger charge is 2.28. The molecule has 8 heteroatoms. The van der Waals surface area contributed by atoms with Crippen molar-refractivity contribution in [3.05, 3.63) is 63.0 Å². The van der Waals surface area contributed by atoms with Crippen molar-refractivity contribution in [2.75, 3.05) is 26.2 Å². The van der Waals surface area contributed by atoms with Gasteiger partial charge in [-0.25, -0.2) is 4.98 Å². The molecule has 1 saturated heterocycles. The molecule has 1 aliphatic rings. The lowest BCUT2D eigenvalue weighted by molar-refractivity contribution is 0.0538. The van der Waals surface area contributed by atoms with Gasteiger partial charge in [0.15, 0.2) is 0 Å². The zero-order chi connectivity index (χ0) is 19.8. The standard InChI is InChI=1S/C20H20N4O3S/c1-13-15-17(21-12-22(2)19(15)26)28-16(13)20(27)24-10-8-23(9-11-24)18(25)14-6-4-3-5-7-14/h3-7,12H,8-11H2,1-2H3. The van der Waals surface area contributed by atoms with Gasteiger partial charge in [-0.15, -0.1) is 11.3 Å². The van der Waals surface area contributed by atoms with Crippen LogP contribution in [0.3, 0.4) is 0 Å². The lowest BCUT2D eigenvalue weighted by Gasteiger charge is -2.34. The van der Waals surface area contributed by atoms with E-state index in [-0.39, 0.29) is 17.4 Å². The first-order valence-corrected chi connectivity index (χ1v) is 9.87. The van der Waals surface area contributed by atoms with Gasteiger partial charge in [-0.05, 0) is 24.6 Å². The third-order valence-corrected chi connectivity index (χ3v) is 6.27. The number of fused-ring (bicyclic) bond motifs is 1. The number of carbonyl (C=O) groups is 2. The first-order valence-electron chi connectivity index (χ1n) is 9.05. The van der Waals surface area contributed by atoms with Crippen molar-refractivity contribution in [3.63, 3.8) is 0 Å². The molecule has 0 radical (unpaired) electrons. The quantitative estimate of drug-likeness (QED) is 0.663. The van der Waals surface area contributed by atoms with E-state index in [0.29, 0.717) is 52.4 Å². The molecule has 2 aromatic heterocycles. The van der Waals surface area contributed by atoms with Crippen LogP contribution in [0.15, 0.2) is 41.5 Å². The summed E-state index contributed by atoms with van der Waals surface area (Å²) >= 11 is 1.26. The smallest absolute Gasteiger partial charge is 0.264 e. The Kier molecular flexibility index (Phi) is 4.72. The van der Waals surface area contributed by atoms with Gasteiger partial charge in [0.25, 0.3) is 17.4 Å². The monoisotopic (exact) mass is 396 g/mol. The summed E-state index contributed by atoms with van der Waals surface area (Å²) < 4.78 is 1.42. The lowest BCUT2D eigenvalue weighted by atomic mass is 10.1. The third kappa shape index (κ3) is 3.09. The van der Waals surface area contributed by atoms with Crippen molar-refractivity contribution in [2.24, 2.45) is 7.05 Å². The van der Waals surface area contributed by atoms with Gasteiger partial charge in [0, 0.05) is 38.8 Å². The maximum absolute atomic E-state index is 13.0. The molecule has 4 rings (SSSR count). The summed E-state index contributed by atoms with van der Waals surface area (Å²) in [6, 6.07) is 9.16. The Balaban J connectivity index is 1.51. The lowest BCUT2D eigenvalue weighted by Crippen LogP contribution is -2.50. The number of nitrogens with zero attached hydrogens (tertiary/aromatic N) is 4. The van der Waals surface area contributed by atoms with Gasteiger partial charge in [0.1, 0.15) is 4.83 Å². The summed E-state index contributed by atoms with van der Waals surface area (Å²) in [5, 5.41) is 0.510. The Hall–Kier alpha value is -3.00. The van der Waals surface area contributed by atoms with Gasteiger partial charge < -0.3 is 14.4 Å². The Morgan fingerprint density at radius 1 is 1.00 bits per heavy atom. The molecule has 0 bridgehead atoms. The molecule has 0 aliphatic carbocycles. The molecule has 1 fully saturated rings. The largest absolute Gasteiger partial charge is 0.335 e. The van der Waals surface area contributed by atoms with Crippen LogP contribution in [0, 0.1) is 6.92 Å². The minimum absolute atomic E-state index is 0.0153. The van der Waals surface area contributed by atoms with Crippen LogP contribution in [-0.4, -0.2) is 57.3 Å². The van der Waals surface area contributed by atoms with Crippen molar-refractivity contribution in [3.8, 4) is 0 Å². The second-order valence-corrected chi connectivity index (χ2v) is 7.85. The number of aromatic nitrogens is 2. The highest BCUT2D eigenvalue weighted by atomic mass is 32.1. The topological polar surface area (TPSA) is 75.5 Å². The summed E-state index contributed by atoms with van der Waals surface area (Å²) in [7, 11) is 1.65. The summed E-state index contributed by atoms with van der Waals surface area (Å²) in [5.74, 6) is -0.118. The van der Waals surface area contributed by atoms with Crippen LogP contribution in [0.5, 0.6) is 0 Å². The number of hydrogen-bond donors (Lipinski definition) is 0. The molecule has 7 nitrogen and oxygen atoms in total. The molecule has 0 spiro atoms. The predicted molar refractivity (Wildman–Crippen MR) is 108 cm³/mol. The molecule has 3 aromatic rings. The molecular weight excluding hydrogens is 376 g/mol. The Morgan fingerprint density at radius 3 is 2.25 bits per heavy atom. The van der Waals surface area contributed by atoms with E-state index in [2.05, 4.69) is 4.98 Å². The van der Waals surface area contributed by atoms with Gasteiger partial charge in [-0.1, -0.05) is 18.2 Å². The number of carbonyl (C=O) groups excluding carboxylic acids is 2. The maximum Gasteiger partial charge on any atom is 0.264 e. The van der Waals surface area contributed by atoms with Crippen LogP contribution in [0.1, 0.15) is 25.6 Å².